The molecule has 2 N–H and O–H groups in total. The first kappa shape index (κ1) is 16.9. The summed E-state index contributed by atoms with van der Waals surface area (Å²) in [6.07, 6.45) is 16.9. The Labute approximate surface area is 141 Å². The lowest BCUT2D eigenvalue weighted by Crippen LogP contribution is -2.35. The van der Waals surface area contributed by atoms with E-state index in [0.29, 0.717) is 5.92 Å². The highest BCUT2D eigenvalue weighted by Gasteiger charge is 2.53. The maximum atomic E-state index is 11.8. The molecule has 0 radical (unpaired) electrons. The molecule has 0 aromatic carbocycles. The number of carbonyl (C=O) groups excluding carboxylic acids is 2. The number of aliphatic hydroxyl groups is 1. The van der Waals surface area contributed by atoms with Crippen LogP contribution < -0.4 is 5.32 Å². The number of hydrogen-bond acceptors (Lipinski definition) is 4. The van der Waals surface area contributed by atoms with E-state index in [0.717, 1.165) is 0 Å². The number of epoxide rings is 1. The van der Waals surface area contributed by atoms with Crippen molar-refractivity contribution in [3.8, 4) is 0 Å². The van der Waals surface area contributed by atoms with Crippen LogP contribution in [0.4, 0.5) is 0 Å². The van der Waals surface area contributed by atoms with E-state index in [1.807, 2.05) is 12.2 Å². The fraction of sp³-hybridized carbons (Fsp3) is 0.474. The summed E-state index contributed by atoms with van der Waals surface area (Å²) in [6.45, 7) is 0. The zero-order valence-electron chi connectivity index (χ0n) is 13.6. The maximum absolute atomic E-state index is 11.8. The van der Waals surface area contributed by atoms with Crippen LogP contribution in [0.15, 0.2) is 48.2 Å². The minimum Gasteiger partial charge on any atom is -0.386 e. The second-order valence-corrected chi connectivity index (χ2v) is 6.47. The van der Waals surface area contributed by atoms with Gasteiger partial charge in [-0.15, -0.1) is 0 Å². The van der Waals surface area contributed by atoms with Gasteiger partial charge in [-0.1, -0.05) is 49.6 Å². The molecular formula is C19H23NO4. The Morgan fingerprint density at radius 3 is 2.71 bits per heavy atom. The van der Waals surface area contributed by atoms with Crippen molar-refractivity contribution in [1.29, 1.82) is 0 Å². The summed E-state index contributed by atoms with van der Waals surface area (Å²) in [4.78, 5) is 23.6. The number of aliphatic hydroxyl groups excluding tert-OH is 1. The predicted octanol–water partition coefficient (Wildman–Crippen LogP) is 1.95. The molecule has 0 bridgehead atoms. The lowest BCUT2D eigenvalue weighted by atomic mass is 9.89. The van der Waals surface area contributed by atoms with Gasteiger partial charge in [0, 0.05) is 6.08 Å². The Morgan fingerprint density at radius 2 is 1.92 bits per heavy atom. The second-order valence-electron chi connectivity index (χ2n) is 6.47. The van der Waals surface area contributed by atoms with Crippen molar-refractivity contribution in [2.24, 2.45) is 5.92 Å². The second kappa shape index (κ2) is 7.73. The van der Waals surface area contributed by atoms with Gasteiger partial charge in [-0.2, -0.15) is 0 Å². The minimum absolute atomic E-state index is 0.108. The summed E-state index contributed by atoms with van der Waals surface area (Å²) in [7, 11) is 0. The first-order valence-electron chi connectivity index (χ1n) is 8.57. The van der Waals surface area contributed by atoms with Crippen molar-refractivity contribution in [2.75, 3.05) is 0 Å². The summed E-state index contributed by atoms with van der Waals surface area (Å²) in [5.41, 5.74) is 0.108. The van der Waals surface area contributed by atoms with Gasteiger partial charge in [-0.05, 0) is 24.8 Å². The summed E-state index contributed by atoms with van der Waals surface area (Å²) in [6, 6.07) is 0. The molecule has 1 aliphatic heterocycles. The fourth-order valence-corrected chi connectivity index (χ4v) is 3.19. The summed E-state index contributed by atoms with van der Waals surface area (Å²) < 4.78 is 5.05. The quantitative estimate of drug-likeness (QED) is 0.459. The molecule has 0 spiro atoms. The molecule has 128 valence electrons. The number of hydrogen-bond donors (Lipinski definition) is 2. The van der Waals surface area contributed by atoms with E-state index in [-0.39, 0.29) is 11.5 Å². The molecular weight excluding hydrogens is 306 g/mol. The zero-order chi connectivity index (χ0) is 16.9. The number of nitrogens with one attached hydrogen (secondary N) is 1. The van der Waals surface area contributed by atoms with Crippen LogP contribution >= 0.6 is 0 Å². The average molecular weight is 329 g/mol. The summed E-state index contributed by atoms with van der Waals surface area (Å²) in [5, 5.41) is 12.2. The van der Waals surface area contributed by atoms with Crippen LogP contribution in [0, 0.1) is 5.92 Å². The summed E-state index contributed by atoms with van der Waals surface area (Å²) in [5.74, 6) is -0.000330. The van der Waals surface area contributed by atoms with E-state index in [1.165, 1.54) is 44.3 Å². The summed E-state index contributed by atoms with van der Waals surface area (Å²) >= 11 is 0. The monoisotopic (exact) mass is 329 g/mol. The van der Waals surface area contributed by atoms with Crippen LogP contribution in [0.1, 0.15) is 32.1 Å². The fourth-order valence-electron chi connectivity index (χ4n) is 3.19. The van der Waals surface area contributed by atoms with E-state index in [4.69, 9.17) is 4.74 Å². The van der Waals surface area contributed by atoms with Crippen molar-refractivity contribution in [3.63, 3.8) is 0 Å². The molecule has 3 aliphatic rings. The van der Waals surface area contributed by atoms with Crippen LogP contribution in [0.3, 0.4) is 0 Å². The number of Topliss-reactive ketones (excluding diaryl/α,β-unsaturated/α-hetero) is 1. The Bertz CT molecular complexity index is 611. The van der Waals surface area contributed by atoms with Gasteiger partial charge in [0.25, 0.3) is 0 Å². The van der Waals surface area contributed by atoms with E-state index in [2.05, 4.69) is 11.4 Å². The molecule has 5 nitrogen and oxygen atoms in total. The van der Waals surface area contributed by atoms with E-state index in [9.17, 15) is 14.7 Å². The number of ether oxygens (including phenoxy) is 1. The van der Waals surface area contributed by atoms with Gasteiger partial charge in [-0.3, -0.25) is 9.59 Å². The first-order chi connectivity index (χ1) is 11.6. The SMILES string of the molecule is O=C(/C=C/C=C/C=C/C1CCCCC1)NC1=C[C@H](O)[C@@H]2O[C@@H]2C1=O. The third-order valence-corrected chi connectivity index (χ3v) is 4.60. The predicted molar refractivity (Wildman–Crippen MR) is 89.9 cm³/mol. The van der Waals surface area contributed by atoms with Crippen molar-refractivity contribution in [3.05, 3.63) is 48.2 Å². The molecule has 1 heterocycles. The van der Waals surface area contributed by atoms with Gasteiger partial charge in [0.15, 0.2) is 6.10 Å². The highest BCUT2D eigenvalue weighted by molar-refractivity contribution is 6.06. The third kappa shape index (κ3) is 4.30. The normalized spacial score (nSPS) is 30.8. The third-order valence-electron chi connectivity index (χ3n) is 4.60. The lowest BCUT2D eigenvalue weighted by molar-refractivity contribution is -0.121. The molecule has 0 aromatic rings. The molecule has 5 heteroatoms. The zero-order valence-corrected chi connectivity index (χ0v) is 13.6. The Kier molecular flexibility index (Phi) is 5.43. The van der Waals surface area contributed by atoms with Crippen molar-refractivity contribution in [2.45, 2.75) is 50.4 Å². The molecule has 1 saturated heterocycles. The molecule has 0 aromatic heterocycles. The van der Waals surface area contributed by atoms with Gasteiger partial charge in [-0.25, -0.2) is 0 Å². The van der Waals surface area contributed by atoms with Gasteiger partial charge < -0.3 is 15.2 Å². The van der Waals surface area contributed by atoms with Gasteiger partial charge in [0.2, 0.25) is 11.7 Å². The molecule has 2 aliphatic carbocycles. The topological polar surface area (TPSA) is 78.9 Å². The average Bonchev–Trinajstić information content (AvgIpc) is 3.38. The largest absolute Gasteiger partial charge is 0.386 e. The number of fused-ring (bicyclic) bond motifs is 1. The number of allylic oxidation sites excluding steroid dienone is 5. The molecule has 3 rings (SSSR count). The van der Waals surface area contributed by atoms with Crippen molar-refractivity contribution >= 4 is 11.7 Å². The standard InChI is InChI=1S/C19H23NO4/c21-15-12-14(17(23)19-18(15)24-19)20-16(22)11-7-2-1-4-8-13-9-5-3-6-10-13/h1-2,4,7-8,11-13,15,18-19,21H,3,5-6,9-10H2,(H,20,22)/b2-1+,8-4+,11-7+/t15-,18-,19+/m0/s1. The highest BCUT2D eigenvalue weighted by Crippen LogP contribution is 2.32. The minimum atomic E-state index is -0.836. The van der Waals surface area contributed by atoms with Crippen LogP contribution in [0.25, 0.3) is 0 Å². The number of ketones is 1. The maximum Gasteiger partial charge on any atom is 0.248 e. The van der Waals surface area contributed by atoms with E-state index in [1.54, 1.807) is 12.2 Å². The van der Waals surface area contributed by atoms with Gasteiger partial charge in [0.05, 0.1) is 5.70 Å². The van der Waals surface area contributed by atoms with Gasteiger partial charge in [0.1, 0.15) is 12.2 Å². The van der Waals surface area contributed by atoms with Gasteiger partial charge >= 0.3 is 0 Å². The first-order valence-corrected chi connectivity index (χ1v) is 8.57. The smallest absolute Gasteiger partial charge is 0.248 e. The Balaban J connectivity index is 1.43. The number of carbonyl (C=O) groups is 2. The Hall–Kier alpha value is -1.98. The molecule has 1 amide bonds. The van der Waals surface area contributed by atoms with Crippen LogP contribution in [0.2, 0.25) is 0 Å². The van der Waals surface area contributed by atoms with Crippen molar-refractivity contribution in [1.82, 2.24) is 5.32 Å². The lowest BCUT2D eigenvalue weighted by Gasteiger charge is -2.17. The van der Waals surface area contributed by atoms with E-state index >= 15 is 0 Å². The Morgan fingerprint density at radius 1 is 1.17 bits per heavy atom. The van der Waals surface area contributed by atoms with Crippen LogP contribution in [-0.2, 0) is 14.3 Å². The molecule has 1 saturated carbocycles. The highest BCUT2D eigenvalue weighted by atomic mass is 16.6. The van der Waals surface area contributed by atoms with Crippen LogP contribution in [0.5, 0.6) is 0 Å². The van der Waals surface area contributed by atoms with Crippen LogP contribution in [-0.4, -0.2) is 35.1 Å². The molecule has 24 heavy (non-hydrogen) atoms. The van der Waals surface area contributed by atoms with Crippen molar-refractivity contribution < 1.29 is 19.4 Å². The van der Waals surface area contributed by atoms with E-state index < -0.39 is 24.2 Å². The number of rotatable bonds is 5. The number of amides is 1. The molecule has 0 unspecified atom stereocenters. The molecule has 3 atom stereocenters. The molecule has 2 fully saturated rings.